The summed E-state index contributed by atoms with van der Waals surface area (Å²) in [6, 6.07) is 3.04. The Kier molecular flexibility index (Phi) is 1.77. The first-order valence-corrected chi connectivity index (χ1v) is 3.78. The van der Waals surface area contributed by atoms with Gasteiger partial charge in [0.15, 0.2) is 0 Å². The van der Waals surface area contributed by atoms with Crippen LogP contribution in [0.4, 0.5) is 5.69 Å². The largest absolute Gasteiger partial charge is 0.285 e. The van der Waals surface area contributed by atoms with Crippen molar-refractivity contribution in [1.29, 1.82) is 0 Å². The molecule has 0 atom stereocenters. The predicted octanol–water partition coefficient (Wildman–Crippen LogP) is -1.02. The SMILES string of the molecule is O=[N+]([O-])c1cccnc1[SiH3]. The highest BCUT2D eigenvalue weighted by atomic mass is 28.1. The van der Waals surface area contributed by atoms with Crippen molar-refractivity contribution < 1.29 is 4.92 Å². The first-order valence-electron chi connectivity index (χ1n) is 2.78. The minimum absolute atomic E-state index is 0.133. The molecule has 1 aromatic rings. The molecular formula is C5H6N2O2Si. The lowest BCUT2D eigenvalue weighted by molar-refractivity contribution is -0.383. The molecule has 0 saturated heterocycles. The van der Waals surface area contributed by atoms with Crippen LogP contribution in [0.3, 0.4) is 0 Å². The first-order chi connectivity index (χ1) is 4.72. The number of hydrogen-bond donors (Lipinski definition) is 0. The topological polar surface area (TPSA) is 56.0 Å². The minimum Gasteiger partial charge on any atom is -0.260 e. The molecule has 1 aromatic heterocycles. The lowest BCUT2D eigenvalue weighted by Crippen LogP contribution is -2.12. The normalized spacial score (nSPS) is 9.60. The molecule has 0 aliphatic carbocycles. The van der Waals surface area contributed by atoms with Crippen molar-refractivity contribution in [3.8, 4) is 0 Å². The number of hydrogen-bond acceptors (Lipinski definition) is 3. The number of nitrogens with zero attached hydrogens (tertiary/aromatic N) is 2. The van der Waals surface area contributed by atoms with E-state index >= 15 is 0 Å². The molecular weight excluding hydrogens is 148 g/mol. The number of rotatable bonds is 1. The summed E-state index contributed by atoms with van der Waals surface area (Å²) < 4.78 is 0. The van der Waals surface area contributed by atoms with Crippen LogP contribution in [0, 0.1) is 10.1 Å². The Balaban J connectivity index is 3.15. The van der Waals surface area contributed by atoms with E-state index in [1.54, 1.807) is 12.3 Å². The van der Waals surface area contributed by atoms with Gasteiger partial charge in [0.05, 0.1) is 20.5 Å². The Morgan fingerprint density at radius 2 is 2.40 bits per heavy atom. The molecule has 4 nitrogen and oxygen atoms in total. The van der Waals surface area contributed by atoms with Crippen molar-refractivity contribution in [2.75, 3.05) is 0 Å². The molecule has 52 valence electrons. The van der Waals surface area contributed by atoms with Crippen molar-refractivity contribution in [3.63, 3.8) is 0 Å². The summed E-state index contributed by atoms with van der Waals surface area (Å²) in [5.74, 6) is 0. The molecule has 0 N–H and O–H groups in total. The number of pyridine rings is 1. The van der Waals surface area contributed by atoms with Crippen LogP contribution >= 0.6 is 0 Å². The standard InChI is InChI=1S/C5H6N2O2Si/c8-7(9)4-2-1-3-6-5(4)10/h1-3H,10H3. The molecule has 0 amide bonds. The van der Waals surface area contributed by atoms with Crippen molar-refractivity contribution in [2.45, 2.75) is 0 Å². The Bertz CT molecular complexity index is 264. The van der Waals surface area contributed by atoms with E-state index in [2.05, 4.69) is 4.98 Å². The van der Waals surface area contributed by atoms with Gasteiger partial charge in [-0.05, 0) is 6.07 Å². The van der Waals surface area contributed by atoms with Gasteiger partial charge in [0, 0.05) is 12.3 Å². The van der Waals surface area contributed by atoms with Gasteiger partial charge in [-0.15, -0.1) is 0 Å². The van der Waals surface area contributed by atoms with Crippen LogP contribution in [0.2, 0.25) is 0 Å². The molecule has 0 bridgehead atoms. The van der Waals surface area contributed by atoms with Crippen LogP contribution in [0.5, 0.6) is 0 Å². The van der Waals surface area contributed by atoms with Crippen LogP contribution < -0.4 is 5.32 Å². The fraction of sp³-hybridized carbons (Fsp3) is 0. The average Bonchev–Trinajstić information content (AvgIpc) is 1.88. The Morgan fingerprint density at radius 1 is 1.70 bits per heavy atom. The second-order valence-electron chi connectivity index (χ2n) is 1.87. The highest BCUT2D eigenvalue weighted by Gasteiger charge is 2.07. The summed E-state index contributed by atoms with van der Waals surface area (Å²) in [5, 5.41) is 10.8. The zero-order valence-electron chi connectivity index (χ0n) is 5.44. The minimum atomic E-state index is -0.407. The Morgan fingerprint density at radius 3 is 2.80 bits per heavy atom. The van der Waals surface area contributed by atoms with E-state index in [0.717, 1.165) is 0 Å². The fourth-order valence-electron chi connectivity index (χ4n) is 0.669. The van der Waals surface area contributed by atoms with E-state index in [9.17, 15) is 10.1 Å². The zero-order chi connectivity index (χ0) is 7.56. The monoisotopic (exact) mass is 154 g/mol. The third-order valence-electron chi connectivity index (χ3n) is 1.18. The molecule has 0 unspecified atom stereocenters. The van der Waals surface area contributed by atoms with E-state index < -0.39 is 4.92 Å². The lowest BCUT2D eigenvalue weighted by Gasteiger charge is -1.92. The molecule has 1 heterocycles. The van der Waals surface area contributed by atoms with Crippen molar-refractivity contribution >= 4 is 21.2 Å². The first kappa shape index (κ1) is 6.88. The van der Waals surface area contributed by atoms with E-state index in [-0.39, 0.29) is 5.69 Å². The Labute approximate surface area is 60.5 Å². The lowest BCUT2D eigenvalue weighted by atomic mass is 10.4. The van der Waals surface area contributed by atoms with Gasteiger partial charge in [-0.25, -0.2) is 0 Å². The fourth-order valence-corrected chi connectivity index (χ4v) is 1.17. The van der Waals surface area contributed by atoms with E-state index in [1.807, 2.05) is 0 Å². The number of nitro groups is 1. The quantitative estimate of drug-likeness (QED) is 0.295. The molecule has 0 aliphatic heterocycles. The zero-order valence-corrected chi connectivity index (χ0v) is 7.44. The summed E-state index contributed by atoms with van der Waals surface area (Å²) in [6.07, 6.45) is 1.56. The molecule has 0 fully saturated rings. The highest BCUT2D eigenvalue weighted by Crippen LogP contribution is 2.01. The Hall–Kier alpha value is -1.23. The maximum Gasteiger partial charge on any atom is 0.285 e. The maximum absolute atomic E-state index is 10.2. The molecule has 0 aliphatic rings. The predicted molar refractivity (Wildman–Crippen MR) is 40.5 cm³/mol. The van der Waals surface area contributed by atoms with Crippen LogP contribution in [-0.4, -0.2) is 20.1 Å². The highest BCUT2D eigenvalue weighted by molar-refractivity contribution is 6.33. The van der Waals surface area contributed by atoms with Crippen LogP contribution in [0.15, 0.2) is 18.3 Å². The average molecular weight is 154 g/mol. The van der Waals surface area contributed by atoms with Gasteiger partial charge in [0.2, 0.25) is 0 Å². The molecule has 5 heteroatoms. The summed E-state index contributed by atoms with van der Waals surface area (Å²) in [7, 11) is 0.621. The van der Waals surface area contributed by atoms with Crippen LogP contribution in [-0.2, 0) is 0 Å². The number of aromatic nitrogens is 1. The van der Waals surface area contributed by atoms with Gasteiger partial charge < -0.3 is 0 Å². The molecule has 0 radical (unpaired) electrons. The molecule has 0 saturated carbocycles. The third-order valence-corrected chi connectivity index (χ3v) is 1.95. The van der Waals surface area contributed by atoms with Gasteiger partial charge in [-0.1, -0.05) is 0 Å². The van der Waals surface area contributed by atoms with Gasteiger partial charge in [0.1, 0.15) is 0 Å². The summed E-state index contributed by atoms with van der Waals surface area (Å²) in [4.78, 5) is 13.6. The van der Waals surface area contributed by atoms with Crippen molar-refractivity contribution in [1.82, 2.24) is 4.98 Å². The summed E-state index contributed by atoms with van der Waals surface area (Å²) in [6.45, 7) is 0. The molecule has 0 spiro atoms. The summed E-state index contributed by atoms with van der Waals surface area (Å²) >= 11 is 0. The van der Waals surface area contributed by atoms with Gasteiger partial charge in [0.25, 0.3) is 5.69 Å². The molecule has 0 aromatic carbocycles. The van der Waals surface area contributed by atoms with E-state index in [0.29, 0.717) is 15.6 Å². The van der Waals surface area contributed by atoms with Gasteiger partial charge in [-0.2, -0.15) is 0 Å². The van der Waals surface area contributed by atoms with E-state index in [4.69, 9.17) is 0 Å². The smallest absolute Gasteiger partial charge is 0.260 e. The van der Waals surface area contributed by atoms with Crippen LogP contribution in [0.25, 0.3) is 0 Å². The summed E-state index contributed by atoms with van der Waals surface area (Å²) in [5.41, 5.74) is 0.133. The second-order valence-corrected chi connectivity index (χ2v) is 2.81. The maximum atomic E-state index is 10.2. The van der Waals surface area contributed by atoms with Crippen molar-refractivity contribution in [3.05, 3.63) is 28.4 Å². The van der Waals surface area contributed by atoms with Gasteiger partial charge in [-0.3, -0.25) is 15.1 Å². The molecule has 10 heavy (non-hydrogen) atoms. The molecule has 1 rings (SSSR count). The second kappa shape index (κ2) is 2.57. The van der Waals surface area contributed by atoms with Crippen molar-refractivity contribution in [2.24, 2.45) is 0 Å². The van der Waals surface area contributed by atoms with Gasteiger partial charge >= 0.3 is 0 Å². The third kappa shape index (κ3) is 1.19. The van der Waals surface area contributed by atoms with E-state index in [1.165, 1.54) is 6.07 Å². The van der Waals surface area contributed by atoms with Crippen LogP contribution in [0.1, 0.15) is 0 Å².